The number of aliphatic hydroxyl groups excluding tert-OH is 1. The summed E-state index contributed by atoms with van der Waals surface area (Å²) in [6, 6.07) is 0. The second-order valence-corrected chi connectivity index (χ2v) is 5.76. The number of aliphatic hydroxyl groups is 1. The minimum atomic E-state index is -0.676. The van der Waals surface area contributed by atoms with Gasteiger partial charge in [-0.15, -0.1) is 0 Å². The van der Waals surface area contributed by atoms with E-state index in [1.165, 1.54) is 0 Å². The average molecular weight is 328 g/mol. The highest BCUT2D eigenvalue weighted by atomic mass is 127. The summed E-state index contributed by atoms with van der Waals surface area (Å²) in [5.74, 6) is 0. The van der Waals surface area contributed by atoms with Crippen LogP contribution in [0, 0.1) is 5.41 Å². The fraction of sp³-hybridized carbons (Fsp3) is 1.00. The molecule has 2 nitrogen and oxygen atoms in total. The molecule has 0 aromatic heterocycles. The van der Waals surface area contributed by atoms with Gasteiger partial charge in [0.2, 0.25) is 0 Å². The van der Waals surface area contributed by atoms with Crippen molar-refractivity contribution in [3.05, 3.63) is 0 Å². The molecular formula is C12H25IO2. The third-order valence-corrected chi connectivity index (χ3v) is 5.02. The van der Waals surface area contributed by atoms with Crippen LogP contribution in [0.2, 0.25) is 0 Å². The Morgan fingerprint density at radius 2 is 1.80 bits per heavy atom. The van der Waals surface area contributed by atoms with Gasteiger partial charge in [-0.3, -0.25) is 0 Å². The van der Waals surface area contributed by atoms with E-state index in [9.17, 15) is 5.11 Å². The van der Waals surface area contributed by atoms with Crippen molar-refractivity contribution in [3.8, 4) is 0 Å². The SMILES string of the molecule is CCC(C)(CI)CC(C)(CC)OC(C)O. The molecule has 0 amide bonds. The number of ether oxygens (including phenoxy) is 1. The van der Waals surface area contributed by atoms with Crippen LogP contribution >= 0.6 is 22.6 Å². The molecule has 3 heteroatoms. The van der Waals surface area contributed by atoms with E-state index in [0.29, 0.717) is 5.41 Å². The maximum Gasteiger partial charge on any atom is 0.152 e. The Morgan fingerprint density at radius 3 is 2.07 bits per heavy atom. The van der Waals surface area contributed by atoms with Crippen molar-refractivity contribution < 1.29 is 9.84 Å². The van der Waals surface area contributed by atoms with Gasteiger partial charge in [-0.25, -0.2) is 0 Å². The van der Waals surface area contributed by atoms with Gasteiger partial charge in [-0.2, -0.15) is 0 Å². The summed E-state index contributed by atoms with van der Waals surface area (Å²) in [5.41, 5.74) is 0.101. The quantitative estimate of drug-likeness (QED) is 0.438. The molecular weight excluding hydrogens is 303 g/mol. The van der Waals surface area contributed by atoms with Crippen LogP contribution < -0.4 is 0 Å². The van der Waals surface area contributed by atoms with Crippen molar-refractivity contribution in [2.75, 3.05) is 4.43 Å². The van der Waals surface area contributed by atoms with Crippen LogP contribution in [0.1, 0.15) is 53.9 Å². The second kappa shape index (κ2) is 6.40. The van der Waals surface area contributed by atoms with Gasteiger partial charge < -0.3 is 9.84 Å². The number of alkyl halides is 1. The van der Waals surface area contributed by atoms with Crippen LogP contribution in [0.5, 0.6) is 0 Å². The summed E-state index contributed by atoms with van der Waals surface area (Å²) >= 11 is 2.44. The third kappa shape index (κ3) is 5.50. The van der Waals surface area contributed by atoms with Gasteiger partial charge in [0.05, 0.1) is 5.60 Å². The van der Waals surface area contributed by atoms with Crippen molar-refractivity contribution in [2.24, 2.45) is 5.41 Å². The van der Waals surface area contributed by atoms with Crippen LogP contribution in [-0.2, 0) is 4.74 Å². The van der Waals surface area contributed by atoms with Gasteiger partial charge in [0.25, 0.3) is 0 Å². The van der Waals surface area contributed by atoms with Crippen LogP contribution in [0.4, 0.5) is 0 Å². The van der Waals surface area contributed by atoms with E-state index in [4.69, 9.17) is 4.74 Å². The summed E-state index contributed by atoms with van der Waals surface area (Å²) in [6.07, 6.45) is 2.41. The normalized spacial score (nSPS) is 21.8. The largest absolute Gasteiger partial charge is 0.368 e. The topological polar surface area (TPSA) is 29.5 Å². The lowest BCUT2D eigenvalue weighted by molar-refractivity contribution is -0.181. The number of halogens is 1. The molecule has 0 aliphatic carbocycles. The molecule has 0 aliphatic heterocycles. The summed E-state index contributed by atoms with van der Waals surface area (Å²) in [6.45, 7) is 10.4. The highest BCUT2D eigenvalue weighted by molar-refractivity contribution is 14.1. The van der Waals surface area contributed by atoms with Crippen molar-refractivity contribution in [1.82, 2.24) is 0 Å². The first-order chi connectivity index (χ1) is 6.81. The summed E-state index contributed by atoms with van der Waals surface area (Å²) < 4.78 is 6.76. The van der Waals surface area contributed by atoms with Crippen molar-refractivity contribution >= 4 is 22.6 Å². The standard InChI is InChI=1S/C12H25IO2/c1-6-11(4,9-13)8-12(5,7-2)15-10(3)14/h10,14H,6-9H2,1-5H3. The van der Waals surface area contributed by atoms with Gasteiger partial charge in [-0.05, 0) is 38.5 Å². The molecule has 0 aromatic carbocycles. The highest BCUT2D eigenvalue weighted by Crippen LogP contribution is 2.37. The number of rotatable bonds is 7. The van der Waals surface area contributed by atoms with Crippen molar-refractivity contribution in [2.45, 2.75) is 65.8 Å². The molecule has 0 spiro atoms. The Bertz CT molecular complexity index is 178. The Balaban J connectivity index is 4.54. The van der Waals surface area contributed by atoms with E-state index in [1.54, 1.807) is 6.92 Å². The zero-order chi connectivity index (χ0) is 12.1. The van der Waals surface area contributed by atoms with E-state index >= 15 is 0 Å². The van der Waals surface area contributed by atoms with Gasteiger partial charge >= 0.3 is 0 Å². The van der Waals surface area contributed by atoms with Gasteiger partial charge in [0.15, 0.2) is 6.29 Å². The van der Waals surface area contributed by atoms with Crippen LogP contribution in [0.25, 0.3) is 0 Å². The second-order valence-electron chi connectivity index (χ2n) is 5.00. The van der Waals surface area contributed by atoms with Gasteiger partial charge in [0, 0.05) is 4.43 Å². The predicted molar refractivity (Wildman–Crippen MR) is 73.4 cm³/mol. The minimum absolute atomic E-state index is 0.204. The molecule has 92 valence electrons. The van der Waals surface area contributed by atoms with Crippen LogP contribution in [-0.4, -0.2) is 21.4 Å². The maximum atomic E-state index is 9.34. The molecule has 0 radical (unpaired) electrons. The predicted octanol–water partition coefficient (Wildman–Crippen LogP) is 3.75. The Hall–Kier alpha value is 0.650. The molecule has 0 saturated heterocycles. The van der Waals surface area contributed by atoms with Gasteiger partial charge in [-0.1, -0.05) is 43.4 Å². The molecule has 0 saturated carbocycles. The fourth-order valence-corrected chi connectivity index (χ4v) is 2.64. The number of hydrogen-bond acceptors (Lipinski definition) is 2. The smallest absolute Gasteiger partial charge is 0.152 e. The van der Waals surface area contributed by atoms with E-state index in [0.717, 1.165) is 23.7 Å². The van der Waals surface area contributed by atoms with Crippen molar-refractivity contribution in [3.63, 3.8) is 0 Å². The van der Waals surface area contributed by atoms with Crippen molar-refractivity contribution in [1.29, 1.82) is 0 Å². The van der Waals surface area contributed by atoms with Gasteiger partial charge in [0.1, 0.15) is 0 Å². The van der Waals surface area contributed by atoms with Crippen LogP contribution in [0.3, 0.4) is 0 Å². The molecule has 0 fully saturated rings. The Morgan fingerprint density at radius 1 is 1.27 bits per heavy atom. The Labute approximate surface area is 108 Å². The van der Waals surface area contributed by atoms with E-state index in [-0.39, 0.29) is 5.60 Å². The molecule has 0 heterocycles. The molecule has 3 unspecified atom stereocenters. The lowest BCUT2D eigenvalue weighted by Gasteiger charge is -2.38. The average Bonchev–Trinajstić information content (AvgIpc) is 2.16. The molecule has 0 aromatic rings. The zero-order valence-electron chi connectivity index (χ0n) is 10.6. The van der Waals surface area contributed by atoms with Crippen LogP contribution in [0.15, 0.2) is 0 Å². The lowest BCUT2D eigenvalue weighted by atomic mass is 9.78. The molecule has 15 heavy (non-hydrogen) atoms. The highest BCUT2D eigenvalue weighted by Gasteiger charge is 2.34. The first-order valence-corrected chi connectivity index (χ1v) is 7.25. The molecule has 1 N–H and O–H groups in total. The first-order valence-electron chi connectivity index (χ1n) is 5.72. The summed E-state index contributed by atoms with van der Waals surface area (Å²) in [5, 5.41) is 9.34. The number of hydrogen-bond donors (Lipinski definition) is 1. The third-order valence-electron chi connectivity index (χ3n) is 3.18. The first kappa shape index (κ1) is 15.7. The molecule has 3 atom stereocenters. The minimum Gasteiger partial charge on any atom is -0.368 e. The zero-order valence-corrected chi connectivity index (χ0v) is 12.8. The monoisotopic (exact) mass is 328 g/mol. The van der Waals surface area contributed by atoms with E-state index in [2.05, 4.69) is 50.3 Å². The molecule has 0 rings (SSSR count). The fourth-order valence-electron chi connectivity index (χ4n) is 1.83. The summed E-state index contributed by atoms with van der Waals surface area (Å²) in [7, 11) is 0. The van der Waals surface area contributed by atoms with E-state index < -0.39 is 6.29 Å². The maximum absolute atomic E-state index is 9.34. The lowest BCUT2D eigenvalue weighted by Crippen LogP contribution is -2.38. The molecule has 0 bridgehead atoms. The molecule has 0 aliphatic rings. The summed E-state index contributed by atoms with van der Waals surface area (Å²) in [4.78, 5) is 0. The van der Waals surface area contributed by atoms with E-state index in [1.807, 2.05) is 0 Å². The Kier molecular flexibility index (Phi) is 6.68.